The van der Waals surface area contributed by atoms with Crippen LogP contribution in [0.15, 0.2) is 82.9 Å². The number of nitrogens with two attached hydrogens (primary N) is 1. The highest BCUT2D eigenvalue weighted by Gasteiger charge is 2.22. The summed E-state index contributed by atoms with van der Waals surface area (Å²) in [6.45, 7) is 3.32. The fraction of sp³-hybridized carbons (Fsp3) is 0.154. The zero-order chi connectivity index (χ0) is 25.4. The lowest BCUT2D eigenvalue weighted by molar-refractivity contribution is -0.136. The molecule has 1 aromatic heterocycles. The van der Waals surface area contributed by atoms with E-state index in [1.54, 1.807) is 54.6 Å². The third kappa shape index (κ3) is 6.23. The summed E-state index contributed by atoms with van der Waals surface area (Å²) in [5.41, 5.74) is 5.60. The number of hydrogen-bond acceptors (Lipinski definition) is 7. The molecule has 0 unspecified atom stereocenters. The van der Waals surface area contributed by atoms with Crippen LogP contribution in [0.4, 0.5) is 5.82 Å². The lowest BCUT2D eigenvalue weighted by Gasteiger charge is -2.14. The largest absolute Gasteiger partial charge is 0.490 e. The van der Waals surface area contributed by atoms with Crippen molar-refractivity contribution in [3.05, 3.63) is 111 Å². The molecule has 9 heteroatoms. The summed E-state index contributed by atoms with van der Waals surface area (Å²) >= 11 is 0. The highest BCUT2D eigenvalue weighted by molar-refractivity contribution is 6.02. The second kappa shape index (κ2) is 11.5. The Bertz CT molecular complexity index is 1370. The Morgan fingerprint density at radius 2 is 1.74 bits per heavy atom. The van der Waals surface area contributed by atoms with E-state index in [-0.39, 0.29) is 12.4 Å². The zero-order valence-electron chi connectivity index (χ0n) is 19.2. The maximum absolute atomic E-state index is 12.7. The van der Waals surface area contributed by atoms with E-state index in [1.807, 2.05) is 6.07 Å². The lowest BCUT2D eigenvalue weighted by atomic mass is 10.2. The number of aromatic nitrogens is 2. The van der Waals surface area contributed by atoms with Gasteiger partial charge < -0.3 is 15.2 Å². The minimum Gasteiger partial charge on any atom is -0.490 e. The lowest BCUT2D eigenvalue weighted by Crippen LogP contribution is -2.43. The van der Waals surface area contributed by atoms with E-state index in [2.05, 4.69) is 6.58 Å². The average Bonchev–Trinajstić information content (AvgIpc) is 2.87. The van der Waals surface area contributed by atoms with Crippen LogP contribution in [0, 0.1) is 0 Å². The Hall–Kier alpha value is -4.66. The molecule has 2 aromatic carbocycles. The molecule has 0 bridgehead atoms. The van der Waals surface area contributed by atoms with Gasteiger partial charge in [-0.15, -0.1) is 0 Å². The molecule has 0 saturated heterocycles. The first kappa shape index (κ1) is 25.0. The molecule has 0 radical (unpaired) electrons. The third-order valence-corrected chi connectivity index (χ3v) is 5.05. The van der Waals surface area contributed by atoms with Gasteiger partial charge in [0.15, 0.2) is 6.61 Å². The molecule has 0 amide bonds. The first-order chi connectivity index (χ1) is 16.8. The number of hydrogen-bond donors (Lipinski definition) is 1. The van der Waals surface area contributed by atoms with Crippen LogP contribution in [0.2, 0.25) is 0 Å². The van der Waals surface area contributed by atoms with Gasteiger partial charge in [-0.25, -0.2) is 9.59 Å². The van der Waals surface area contributed by atoms with Crippen molar-refractivity contribution in [3.63, 3.8) is 0 Å². The summed E-state index contributed by atoms with van der Waals surface area (Å²) < 4.78 is 12.3. The number of rotatable bonds is 10. The van der Waals surface area contributed by atoms with Crippen LogP contribution < -0.4 is 21.7 Å². The van der Waals surface area contributed by atoms with Crippen LogP contribution in [0.5, 0.6) is 5.75 Å². The molecule has 0 saturated carbocycles. The Morgan fingerprint density at radius 1 is 1.06 bits per heavy atom. The van der Waals surface area contributed by atoms with E-state index >= 15 is 0 Å². The molecule has 3 rings (SSSR count). The first-order valence-corrected chi connectivity index (χ1v) is 10.7. The minimum absolute atomic E-state index is 0.0693. The van der Waals surface area contributed by atoms with Crippen molar-refractivity contribution in [3.8, 4) is 5.75 Å². The SMILES string of the molecule is C=CCOc1ccc(/C=C/C(=O)OCC(=O)c2c(N)n(Cc3ccccc3)c(=O)n(C)c2=O)cc1. The molecule has 3 aromatic rings. The van der Waals surface area contributed by atoms with E-state index in [9.17, 15) is 19.2 Å². The maximum Gasteiger partial charge on any atom is 0.332 e. The van der Waals surface area contributed by atoms with Crippen molar-refractivity contribution < 1.29 is 19.1 Å². The molecule has 0 fully saturated rings. The van der Waals surface area contributed by atoms with E-state index in [4.69, 9.17) is 15.2 Å². The van der Waals surface area contributed by atoms with Gasteiger partial charge in [0.05, 0.1) is 6.54 Å². The van der Waals surface area contributed by atoms with Crippen LogP contribution in [0.25, 0.3) is 6.08 Å². The van der Waals surface area contributed by atoms with Crippen LogP contribution in [0.3, 0.4) is 0 Å². The number of ketones is 1. The topological polar surface area (TPSA) is 123 Å². The second-order valence-corrected chi connectivity index (χ2v) is 7.51. The number of anilines is 1. The van der Waals surface area contributed by atoms with Gasteiger partial charge in [-0.05, 0) is 29.3 Å². The molecule has 0 aliphatic rings. The normalized spacial score (nSPS) is 10.8. The number of carbonyl (C=O) groups is 2. The van der Waals surface area contributed by atoms with Crippen molar-refractivity contribution in [2.45, 2.75) is 6.54 Å². The average molecular weight is 476 g/mol. The van der Waals surface area contributed by atoms with Crippen molar-refractivity contribution >= 4 is 23.6 Å². The van der Waals surface area contributed by atoms with E-state index in [0.29, 0.717) is 17.9 Å². The van der Waals surface area contributed by atoms with Gasteiger partial charge >= 0.3 is 11.7 Å². The Kier molecular flexibility index (Phi) is 8.18. The second-order valence-electron chi connectivity index (χ2n) is 7.51. The minimum atomic E-state index is -0.854. The molecule has 2 N–H and O–H groups in total. The van der Waals surface area contributed by atoms with Gasteiger partial charge in [0, 0.05) is 13.1 Å². The Morgan fingerprint density at radius 3 is 2.40 bits per heavy atom. The first-order valence-electron chi connectivity index (χ1n) is 10.7. The quantitative estimate of drug-likeness (QED) is 0.206. The van der Waals surface area contributed by atoms with Crippen molar-refractivity contribution in [1.29, 1.82) is 0 Å². The molecular weight excluding hydrogens is 450 g/mol. The fourth-order valence-electron chi connectivity index (χ4n) is 3.22. The fourth-order valence-corrected chi connectivity index (χ4v) is 3.22. The predicted molar refractivity (Wildman–Crippen MR) is 132 cm³/mol. The number of carbonyl (C=O) groups excluding carboxylic acids is 2. The van der Waals surface area contributed by atoms with Crippen molar-refractivity contribution in [1.82, 2.24) is 9.13 Å². The summed E-state index contributed by atoms with van der Waals surface area (Å²) in [7, 11) is 1.25. The summed E-state index contributed by atoms with van der Waals surface area (Å²) in [4.78, 5) is 50.0. The highest BCUT2D eigenvalue weighted by Crippen LogP contribution is 2.13. The summed E-state index contributed by atoms with van der Waals surface area (Å²) in [5, 5.41) is 0. The number of nitrogen functional groups attached to an aromatic ring is 1. The van der Waals surface area contributed by atoms with Gasteiger partial charge in [-0.1, -0.05) is 55.1 Å². The molecule has 0 aliphatic heterocycles. The number of Topliss-reactive ketones (excluding diaryl/α,β-unsaturated/α-hetero) is 1. The number of nitrogens with zero attached hydrogens (tertiary/aromatic N) is 2. The van der Waals surface area contributed by atoms with E-state index in [0.717, 1.165) is 20.8 Å². The van der Waals surface area contributed by atoms with Crippen LogP contribution in [-0.2, 0) is 23.1 Å². The van der Waals surface area contributed by atoms with Crippen LogP contribution in [0.1, 0.15) is 21.5 Å². The summed E-state index contributed by atoms with van der Waals surface area (Å²) in [5.74, 6) is -1.21. The molecule has 9 nitrogen and oxygen atoms in total. The van der Waals surface area contributed by atoms with Gasteiger partial charge in [0.2, 0.25) is 5.78 Å². The number of ether oxygens (including phenoxy) is 2. The molecule has 0 aliphatic carbocycles. The predicted octanol–water partition coefficient (Wildman–Crippen LogP) is 2.18. The zero-order valence-corrected chi connectivity index (χ0v) is 19.2. The number of esters is 1. The molecule has 0 spiro atoms. The molecule has 1 heterocycles. The van der Waals surface area contributed by atoms with Gasteiger partial charge in [-0.3, -0.25) is 18.7 Å². The molecule has 35 heavy (non-hydrogen) atoms. The molecule has 0 atom stereocenters. The standard InChI is InChI=1S/C26H25N3O6/c1-3-15-34-20-12-9-18(10-13-20)11-14-22(31)35-17-21(30)23-24(27)29(26(33)28(2)25(23)32)16-19-7-5-4-6-8-19/h3-14H,1,15-17,27H2,2H3/b14-11+. The van der Waals surface area contributed by atoms with Gasteiger partial charge in [-0.2, -0.15) is 0 Å². The van der Waals surface area contributed by atoms with Crippen molar-refractivity contribution in [2.75, 3.05) is 18.9 Å². The van der Waals surface area contributed by atoms with Crippen LogP contribution in [-0.4, -0.2) is 34.1 Å². The molecular formula is C26H25N3O6. The summed E-state index contributed by atoms with van der Waals surface area (Å²) in [6.07, 6.45) is 4.30. The van der Waals surface area contributed by atoms with Crippen molar-refractivity contribution in [2.24, 2.45) is 7.05 Å². The monoisotopic (exact) mass is 475 g/mol. The van der Waals surface area contributed by atoms with Gasteiger partial charge in [0.1, 0.15) is 23.7 Å². The third-order valence-electron chi connectivity index (χ3n) is 5.05. The summed E-state index contributed by atoms with van der Waals surface area (Å²) in [6, 6.07) is 15.9. The van der Waals surface area contributed by atoms with E-state index < -0.39 is 35.2 Å². The number of benzene rings is 2. The smallest absolute Gasteiger partial charge is 0.332 e. The Labute approximate surface area is 201 Å². The Balaban J connectivity index is 1.71. The van der Waals surface area contributed by atoms with Gasteiger partial charge in [0.25, 0.3) is 5.56 Å². The maximum atomic E-state index is 12.7. The molecule has 180 valence electrons. The van der Waals surface area contributed by atoms with Crippen LogP contribution >= 0.6 is 0 Å². The van der Waals surface area contributed by atoms with E-state index in [1.165, 1.54) is 13.1 Å². The highest BCUT2D eigenvalue weighted by atomic mass is 16.5.